The fourth-order valence-corrected chi connectivity index (χ4v) is 2.99. The minimum Gasteiger partial charge on any atom is -0.508 e. The van der Waals surface area contributed by atoms with E-state index in [2.05, 4.69) is 55.5 Å². The summed E-state index contributed by atoms with van der Waals surface area (Å²) in [6, 6.07) is 26.9. The lowest BCUT2D eigenvalue weighted by atomic mass is 9.89. The number of aromatic hydroxyl groups is 1. The largest absolute Gasteiger partial charge is 0.508 e. The first kappa shape index (κ1) is 15.4. The smallest absolute Gasteiger partial charge is 0.115 e. The molecule has 1 atom stereocenters. The van der Waals surface area contributed by atoms with Crippen molar-refractivity contribution in [1.29, 1.82) is 0 Å². The molecule has 0 aromatic heterocycles. The van der Waals surface area contributed by atoms with Gasteiger partial charge in [-0.25, -0.2) is 0 Å². The van der Waals surface area contributed by atoms with Crippen LogP contribution in [0.25, 0.3) is 11.1 Å². The molecule has 0 fully saturated rings. The lowest BCUT2D eigenvalue weighted by molar-refractivity contribution is 0.474. The summed E-state index contributed by atoms with van der Waals surface area (Å²) in [6.45, 7) is 2.22. The van der Waals surface area contributed by atoms with Crippen molar-refractivity contribution < 1.29 is 5.11 Å². The van der Waals surface area contributed by atoms with Gasteiger partial charge in [-0.1, -0.05) is 73.7 Å². The predicted octanol–water partition coefficient (Wildman–Crippen LogP) is 5.80. The molecule has 1 N–H and O–H groups in total. The molecule has 1 nitrogen and oxygen atoms in total. The van der Waals surface area contributed by atoms with Crippen LogP contribution in [0.3, 0.4) is 0 Å². The lowest BCUT2D eigenvalue weighted by Crippen LogP contribution is -2.01. The lowest BCUT2D eigenvalue weighted by Gasteiger charge is -2.16. The van der Waals surface area contributed by atoms with Gasteiger partial charge in [0.25, 0.3) is 0 Å². The number of phenolic OH excluding ortho intramolecular Hbond substituents is 1. The van der Waals surface area contributed by atoms with E-state index in [9.17, 15) is 5.11 Å². The van der Waals surface area contributed by atoms with Gasteiger partial charge in [0.05, 0.1) is 0 Å². The van der Waals surface area contributed by atoms with E-state index in [-0.39, 0.29) is 0 Å². The molecule has 0 saturated heterocycles. The maximum absolute atomic E-state index is 9.44. The van der Waals surface area contributed by atoms with E-state index in [0.717, 1.165) is 12.8 Å². The summed E-state index contributed by atoms with van der Waals surface area (Å²) in [5.41, 5.74) is 5.15. The highest BCUT2D eigenvalue weighted by Crippen LogP contribution is 2.27. The van der Waals surface area contributed by atoms with Crippen molar-refractivity contribution in [1.82, 2.24) is 0 Å². The van der Waals surface area contributed by atoms with Crippen LogP contribution in [0.4, 0.5) is 0 Å². The van der Waals surface area contributed by atoms with Gasteiger partial charge in [-0.15, -0.1) is 0 Å². The quantitative estimate of drug-likeness (QED) is 0.632. The van der Waals surface area contributed by atoms with Gasteiger partial charge < -0.3 is 5.11 Å². The summed E-state index contributed by atoms with van der Waals surface area (Å²) in [4.78, 5) is 0. The van der Waals surface area contributed by atoms with Crippen molar-refractivity contribution in [3.8, 4) is 16.9 Å². The Morgan fingerprint density at radius 3 is 1.96 bits per heavy atom. The summed E-state index contributed by atoms with van der Waals surface area (Å²) < 4.78 is 0. The molecule has 0 aliphatic heterocycles. The number of hydrogen-bond donors (Lipinski definition) is 1. The first-order chi connectivity index (χ1) is 11.3. The van der Waals surface area contributed by atoms with Crippen LogP contribution in [-0.4, -0.2) is 5.11 Å². The van der Waals surface area contributed by atoms with Gasteiger partial charge in [-0.3, -0.25) is 0 Å². The molecular formula is C22H22O. The maximum Gasteiger partial charge on any atom is 0.115 e. The second-order valence-corrected chi connectivity index (χ2v) is 5.96. The predicted molar refractivity (Wildman–Crippen MR) is 96.7 cm³/mol. The van der Waals surface area contributed by atoms with E-state index in [1.165, 1.54) is 22.3 Å². The summed E-state index contributed by atoms with van der Waals surface area (Å²) in [5.74, 6) is 0.814. The van der Waals surface area contributed by atoms with Crippen molar-refractivity contribution in [3.63, 3.8) is 0 Å². The molecule has 0 aliphatic rings. The Bertz CT molecular complexity index is 727. The van der Waals surface area contributed by atoms with Crippen LogP contribution < -0.4 is 0 Å². The molecule has 0 radical (unpaired) electrons. The van der Waals surface area contributed by atoms with Gasteiger partial charge >= 0.3 is 0 Å². The molecule has 3 aromatic carbocycles. The van der Waals surface area contributed by atoms with Crippen molar-refractivity contribution in [3.05, 3.63) is 90.0 Å². The Labute approximate surface area is 138 Å². The van der Waals surface area contributed by atoms with Crippen LogP contribution in [0.15, 0.2) is 78.9 Å². The highest BCUT2D eigenvalue weighted by atomic mass is 16.3. The number of hydrogen-bond acceptors (Lipinski definition) is 1. The van der Waals surface area contributed by atoms with Gasteiger partial charge in [0.2, 0.25) is 0 Å². The fourth-order valence-electron chi connectivity index (χ4n) is 2.99. The van der Waals surface area contributed by atoms with Crippen LogP contribution in [0.5, 0.6) is 5.75 Å². The molecule has 0 amide bonds. The Hall–Kier alpha value is -2.54. The van der Waals surface area contributed by atoms with Crippen molar-refractivity contribution in [2.45, 2.75) is 25.7 Å². The van der Waals surface area contributed by atoms with E-state index in [4.69, 9.17) is 0 Å². The summed E-state index contributed by atoms with van der Waals surface area (Å²) in [5, 5.41) is 9.44. The Kier molecular flexibility index (Phi) is 4.77. The molecule has 3 aromatic rings. The highest BCUT2D eigenvalue weighted by molar-refractivity contribution is 5.63. The Balaban J connectivity index is 1.75. The monoisotopic (exact) mass is 302 g/mol. The van der Waals surface area contributed by atoms with Gasteiger partial charge in [0.1, 0.15) is 5.75 Å². The summed E-state index contributed by atoms with van der Waals surface area (Å²) in [7, 11) is 0. The van der Waals surface area contributed by atoms with E-state index in [0.29, 0.717) is 11.7 Å². The standard InChI is InChI=1S/C22H22O/c1-2-18(20-12-14-22(23)15-13-20)16-17-8-10-21(11-9-17)19-6-4-3-5-7-19/h3-15,18,23H,2,16H2,1H3. The Morgan fingerprint density at radius 1 is 0.739 bits per heavy atom. The van der Waals surface area contributed by atoms with Crippen LogP contribution in [0.1, 0.15) is 30.4 Å². The maximum atomic E-state index is 9.44. The summed E-state index contributed by atoms with van der Waals surface area (Å²) >= 11 is 0. The first-order valence-electron chi connectivity index (χ1n) is 8.19. The zero-order valence-corrected chi connectivity index (χ0v) is 13.4. The third kappa shape index (κ3) is 3.81. The number of benzene rings is 3. The number of rotatable bonds is 5. The molecule has 0 spiro atoms. The average molecular weight is 302 g/mol. The molecule has 1 unspecified atom stereocenters. The third-order valence-electron chi connectivity index (χ3n) is 4.40. The molecule has 1 heteroatoms. The van der Waals surface area contributed by atoms with Crippen LogP contribution >= 0.6 is 0 Å². The van der Waals surface area contributed by atoms with Gasteiger partial charge in [-0.2, -0.15) is 0 Å². The minimum absolute atomic E-state index is 0.329. The molecule has 0 bridgehead atoms. The van der Waals surface area contributed by atoms with E-state index < -0.39 is 0 Å². The molecule has 0 saturated carbocycles. The van der Waals surface area contributed by atoms with Gasteiger partial charge in [-0.05, 0) is 53.1 Å². The topological polar surface area (TPSA) is 20.2 Å². The zero-order valence-electron chi connectivity index (χ0n) is 13.4. The van der Waals surface area contributed by atoms with Crippen LogP contribution in [0, 0.1) is 0 Å². The highest BCUT2D eigenvalue weighted by Gasteiger charge is 2.10. The minimum atomic E-state index is 0.329. The van der Waals surface area contributed by atoms with E-state index >= 15 is 0 Å². The van der Waals surface area contributed by atoms with Crippen molar-refractivity contribution in [2.24, 2.45) is 0 Å². The van der Waals surface area contributed by atoms with Crippen molar-refractivity contribution >= 4 is 0 Å². The third-order valence-corrected chi connectivity index (χ3v) is 4.40. The van der Waals surface area contributed by atoms with Crippen LogP contribution in [0.2, 0.25) is 0 Å². The summed E-state index contributed by atoms with van der Waals surface area (Å²) in [6.07, 6.45) is 2.11. The molecular weight excluding hydrogens is 280 g/mol. The normalized spacial score (nSPS) is 12.0. The van der Waals surface area contributed by atoms with Crippen LogP contribution in [-0.2, 0) is 6.42 Å². The SMILES string of the molecule is CCC(Cc1ccc(-c2ccccc2)cc1)c1ccc(O)cc1. The van der Waals surface area contributed by atoms with E-state index in [1.54, 1.807) is 12.1 Å². The second-order valence-electron chi connectivity index (χ2n) is 5.96. The van der Waals surface area contributed by atoms with E-state index in [1.807, 2.05) is 18.2 Å². The second kappa shape index (κ2) is 7.15. The van der Waals surface area contributed by atoms with Gasteiger partial charge in [0.15, 0.2) is 0 Å². The Morgan fingerprint density at radius 2 is 1.35 bits per heavy atom. The fraction of sp³-hybridized carbons (Fsp3) is 0.182. The van der Waals surface area contributed by atoms with Crippen molar-refractivity contribution in [2.75, 3.05) is 0 Å². The van der Waals surface area contributed by atoms with Gasteiger partial charge in [0, 0.05) is 0 Å². The molecule has 0 aliphatic carbocycles. The first-order valence-corrected chi connectivity index (χ1v) is 8.19. The zero-order chi connectivity index (χ0) is 16.1. The molecule has 116 valence electrons. The number of phenols is 1. The molecule has 3 rings (SSSR count). The average Bonchev–Trinajstić information content (AvgIpc) is 2.62. The molecule has 0 heterocycles. The molecule has 23 heavy (non-hydrogen) atoms.